The van der Waals surface area contributed by atoms with E-state index >= 15 is 0 Å². The summed E-state index contributed by atoms with van der Waals surface area (Å²) in [6.45, 7) is 4.94. The first-order valence-corrected chi connectivity index (χ1v) is 11.5. The molecule has 0 saturated heterocycles. The van der Waals surface area contributed by atoms with Crippen LogP contribution < -0.4 is 15.2 Å². The Labute approximate surface area is 189 Å². The Bertz CT molecular complexity index is 1020. The van der Waals surface area contributed by atoms with Crippen LogP contribution in [0.5, 0.6) is 11.6 Å². The van der Waals surface area contributed by atoms with Crippen LogP contribution in [0.4, 0.5) is 0 Å². The predicted octanol–water partition coefficient (Wildman–Crippen LogP) is 6.53. The maximum atomic E-state index is 6.61. The molecule has 5 heteroatoms. The lowest BCUT2D eigenvalue weighted by Crippen LogP contribution is -2.43. The molecule has 164 valence electrons. The molecule has 2 aromatic carbocycles. The van der Waals surface area contributed by atoms with Gasteiger partial charge in [-0.05, 0) is 66.7 Å². The number of ether oxygens (including phenoxy) is 2. The molecule has 1 fully saturated rings. The maximum Gasteiger partial charge on any atom is 0.221 e. The van der Waals surface area contributed by atoms with Gasteiger partial charge in [-0.15, -0.1) is 0 Å². The van der Waals surface area contributed by atoms with E-state index in [4.69, 9.17) is 26.8 Å². The molecule has 4 nitrogen and oxygen atoms in total. The molecule has 0 radical (unpaired) electrons. The van der Waals surface area contributed by atoms with Crippen molar-refractivity contribution >= 4 is 22.4 Å². The number of halogens is 1. The van der Waals surface area contributed by atoms with Crippen molar-refractivity contribution in [2.45, 2.75) is 64.7 Å². The summed E-state index contributed by atoms with van der Waals surface area (Å²) in [5.41, 5.74) is 7.67. The molecule has 3 aromatic rings. The summed E-state index contributed by atoms with van der Waals surface area (Å²) in [6.07, 6.45) is 7.11. The number of pyridine rings is 1. The van der Waals surface area contributed by atoms with Crippen molar-refractivity contribution in [1.29, 1.82) is 0 Å². The molecule has 31 heavy (non-hydrogen) atoms. The fourth-order valence-corrected chi connectivity index (χ4v) is 4.70. The number of fused-ring (bicyclic) bond motifs is 1. The van der Waals surface area contributed by atoms with Crippen LogP contribution in [0.2, 0.25) is 5.02 Å². The Morgan fingerprint density at radius 3 is 2.61 bits per heavy atom. The number of rotatable bonds is 7. The lowest BCUT2D eigenvalue weighted by molar-refractivity contribution is 0.0721. The van der Waals surface area contributed by atoms with Crippen molar-refractivity contribution in [2.24, 2.45) is 11.1 Å². The van der Waals surface area contributed by atoms with E-state index in [0.717, 1.165) is 54.2 Å². The first-order chi connectivity index (χ1) is 15.0. The van der Waals surface area contributed by atoms with Gasteiger partial charge in [0.1, 0.15) is 12.4 Å². The Morgan fingerprint density at radius 1 is 1.16 bits per heavy atom. The van der Waals surface area contributed by atoms with Gasteiger partial charge in [-0.1, -0.05) is 55.8 Å². The Kier molecular flexibility index (Phi) is 6.68. The second-order valence-corrected chi connectivity index (χ2v) is 9.29. The normalized spacial score (nSPS) is 22.3. The SMILES string of the molecule is CCC(N)C1(C)CCC(Oc2cc3ccnc(OCc4ccccc4)c3cc2Cl)CC1. The van der Waals surface area contributed by atoms with Gasteiger partial charge in [-0.2, -0.15) is 0 Å². The van der Waals surface area contributed by atoms with Crippen molar-refractivity contribution in [1.82, 2.24) is 4.98 Å². The molecule has 1 aliphatic carbocycles. The standard InChI is InChI=1S/C26H31ClN2O2/c1-3-24(28)26(2)12-9-20(10-13-26)31-23-15-19-11-14-29-25(21(19)16-22(23)27)30-17-18-7-5-4-6-8-18/h4-8,11,14-16,20,24H,3,9-10,12-13,17,28H2,1-2H3. The molecular formula is C26H31ClN2O2. The highest BCUT2D eigenvalue weighted by molar-refractivity contribution is 6.33. The fourth-order valence-electron chi connectivity index (χ4n) is 4.49. The Hall–Kier alpha value is -2.30. The molecule has 1 aliphatic rings. The van der Waals surface area contributed by atoms with E-state index in [-0.39, 0.29) is 17.6 Å². The summed E-state index contributed by atoms with van der Waals surface area (Å²) >= 11 is 6.61. The van der Waals surface area contributed by atoms with Gasteiger partial charge in [0, 0.05) is 17.6 Å². The largest absolute Gasteiger partial charge is 0.489 e. The molecule has 1 atom stereocenters. The van der Waals surface area contributed by atoms with Crippen molar-refractivity contribution < 1.29 is 9.47 Å². The van der Waals surface area contributed by atoms with Crippen LogP contribution >= 0.6 is 11.6 Å². The second-order valence-electron chi connectivity index (χ2n) is 8.88. The van der Waals surface area contributed by atoms with Gasteiger partial charge in [-0.3, -0.25) is 0 Å². The van der Waals surface area contributed by atoms with Gasteiger partial charge in [0.25, 0.3) is 0 Å². The highest BCUT2D eigenvalue weighted by atomic mass is 35.5. The predicted molar refractivity (Wildman–Crippen MR) is 127 cm³/mol. The highest BCUT2D eigenvalue weighted by Gasteiger charge is 2.36. The van der Waals surface area contributed by atoms with Gasteiger partial charge in [0.05, 0.1) is 11.1 Å². The molecule has 0 amide bonds. The molecule has 1 saturated carbocycles. The molecule has 1 aromatic heterocycles. The maximum absolute atomic E-state index is 6.61. The Morgan fingerprint density at radius 2 is 1.90 bits per heavy atom. The molecule has 2 N–H and O–H groups in total. The van der Waals surface area contributed by atoms with E-state index in [1.165, 1.54) is 0 Å². The average Bonchev–Trinajstić information content (AvgIpc) is 2.80. The van der Waals surface area contributed by atoms with Gasteiger partial charge < -0.3 is 15.2 Å². The molecule has 4 rings (SSSR count). The first-order valence-electron chi connectivity index (χ1n) is 11.2. The van der Waals surface area contributed by atoms with Crippen molar-refractivity contribution in [3.63, 3.8) is 0 Å². The van der Waals surface area contributed by atoms with E-state index in [2.05, 4.69) is 18.8 Å². The first kappa shape index (κ1) is 21.9. The smallest absolute Gasteiger partial charge is 0.221 e. The molecule has 0 bridgehead atoms. The number of hydrogen-bond donors (Lipinski definition) is 1. The summed E-state index contributed by atoms with van der Waals surface area (Å²) in [6, 6.07) is 16.2. The zero-order chi connectivity index (χ0) is 21.8. The van der Waals surface area contributed by atoms with Crippen LogP contribution in [0.25, 0.3) is 10.8 Å². The summed E-state index contributed by atoms with van der Waals surface area (Å²) in [5, 5.41) is 2.48. The van der Waals surface area contributed by atoms with Gasteiger partial charge in [0.2, 0.25) is 5.88 Å². The van der Waals surface area contributed by atoms with Crippen LogP contribution in [0.1, 0.15) is 51.5 Å². The number of nitrogens with zero attached hydrogens (tertiary/aromatic N) is 1. The minimum absolute atomic E-state index is 0.169. The minimum atomic E-state index is 0.169. The van der Waals surface area contributed by atoms with Crippen LogP contribution in [0, 0.1) is 5.41 Å². The van der Waals surface area contributed by atoms with E-state index in [1.807, 2.05) is 48.5 Å². The molecule has 1 heterocycles. The van der Waals surface area contributed by atoms with Crippen LogP contribution in [0.15, 0.2) is 54.7 Å². The van der Waals surface area contributed by atoms with E-state index < -0.39 is 0 Å². The Balaban J connectivity index is 1.47. The van der Waals surface area contributed by atoms with Gasteiger partial charge in [-0.25, -0.2) is 4.98 Å². The van der Waals surface area contributed by atoms with E-state index in [1.54, 1.807) is 6.20 Å². The van der Waals surface area contributed by atoms with Crippen molar-refractivity contribution in [3.8, 4) is 11.6 Å². The molecule has 0 spiro atoms. The lowest BCUT2D eigenvalue weighted by Gasteiger charge is -2.41. The third-order valence-corrected chi connectivity index (χ3v) is 7.00. The topological polar surface area (TPSA) is 57.4 Å². The van der Waals surface area contributed by atoms with Crippen molar-refractivity contribution in [2.75, 3.05) is 0 Å². The molecule has 0 aliphatic heterocycles. The summed E-state index contributed by atoms with van der Waals surface area (Å²) in [7, 11) is 0. The number of hydrogen-bond acceptors (Lipinski definition) is 4. The fraction of sp³-hybridized carbons (Fsp3) is 0.423. The van der Waals surface area contributed by atoms with Crippen LogP contribution in [-0.4, -0.2) is 17.1 Å². The second kappa shape index (κ2) is 9.46. The zero-order valence-corrected chi connectivity index (χ0v) is 19.1. The van der Waals surface area contributed by atoms with Gasteiger partial charge >= 0.3 is 0 Å². The van der Waals surface area contributed by atoms with E-state index in [0.29, 0.717) is 17.5 Å². The quantitative estimate of drug-likeness (QED) is 0.455. The van der Waals surface area contributed by atoms with Gasteiger partial charge in [0.15, 0.2) is 0 Å². The number of aromatic nitrogens is 1. The van der Waals surface area contributed by atoms with E-state index in [9.17, 15) is 0 Å². The summed E-state index contributed by atoms with van der Waals surface area (Å²) in [5.74, 6) is 1.31. The molecular weight excluding hydrogens is 408 g/mol. The number of nitrogens with two attached hydrogens (primary N) is 1. The average molecular weight is 439 g/mol. The number of benzene rings is 2. The third kappa shape index (κ3) is 4.97. The van der Waals surface area contributed by atoms with Crippen molar-refractivity contribution in [3.05, 3.63) is 65.3 Å². The van der Waals surface area contributed by atoms with Crippen LogP contribution in [-0.2, 0) is 6.61 Å². The summed E-state index contributed by atoms with van der Waals surface area (Å²) < 4.78 is 12.3. The highest BCUT2D eigenvalue weighted by Crippen LogP contribution is 2.41. The zero-order valence-electron chi connectivity index (χ0n) is 18.3. The minimum Gasteiger partial charge on any atom is -0.489 e. The monoisotopic (exact) mass is 438 g/mol. The summed E-state index contributed by atoms with van der Waals surface area (Å²) in [4.78, 5) is 4.42. The lowest BCUT2D eigenvalue weighted by atomic mass is 9.69. The third-order valence-electron chi connectivity index (χ3n) is 6.70. The van der Waals surface area contributed by atoms with Crippen LogP contribution in [0.3, 0.4) is 0 Å². The molecule has 1 unspecified atom stereocenters.